The average molecular weight is 286 g/mol. The summed E-state index contributed by atoms with van der Waals surface area (Å²) >= 11 is 0. The van der Waals surface area contributed by atoms with E-state index < -0.39 is 11.7 Å². The van der Waals surface area contributed by atoms with Gasteiger partial charge in [0, 0.05) is 19.1 Å². The second kappa shape index (κ2) is 6.14. The van der Waals surface area contributed by atoms with Crippen molar-refractivity contribution in [2.45, 2.75) is 32.1 Å². The van der Waals surface area contributed by atoms with Crippen LogP contribution in [0.15, 0.2) is 24.3 Å². The molecule has 1 N–H and O–H groups in total. The summed E-state index contributed by atoms with van der Waals surface area (Å²) in [6.07, 6.45) is -3.17. The Labute approximate surface area is 118 Å². The Kier molecular flexibility index (Phi) is 4.70. The zero-order valence-corrected chi connectivity index (χ0v) is 11.9. The van der Waals surface area contributed by atoms with Crippen molar-refractivity contribution in [2.75, 3.05) is 20.1 Å². The van der Waals surface area contributed by atoms with Crippen LogP contribution in [0.1, 0.15) is 24.5 Å². The zero-order chi connectivity index (χ0) is 14.8. The molecule has 20 heavy (non-hydrogen) atoms. The number of rotatable bonds is 3. The normalized spacial score (nSPS) is 24.9. The smallest absolute Gasteiger partial charge is 0.310 e. The van der Waals surface area contributed by atoms with Gasteiger partial charge in [0.25, 0.3) is 0 Å². The van der Waals surface area contributed by atoms with Crippen molar-refractivity contribution in [3.8, 4) is 0 Å². The molecule has 0 radical (unpaired) electrons. The standard InChI is InChI=1S/C15H21F3N2/c1-11-10-20(2)8-7-14(11)19-9-12-3-5-13(6-4-12)15(16,17)18/h3-6,11,14,19H,7-10H2,1-2H3. The number of piperidine rings is 1. The van der Waals surface area contributed by atoms with Gasteiger partial charge in [0.2, 0.25) is 0 Å². The maximum Gasteiger partial charge on any atom is 0.416 e. The number of likely N-dealkylation sites (tertiary alicyclic amines) is 1. The number of hydrogen-bond acceptors (Lipinski definition) is 2. The molecule has 0 saturated carbocycles. The van der Waals surface area contributed by atoms with Gasteiger partial charge < -0.3 is 10.2 Å². The first-order chi connectivity index (χ1) is 9.36. The van der Waals surface area contributed by atoms with Crippen molar-refractivity contribution in [3.05, 3.63) is 35.4 Å². The number of hydrogen-bond donors (Lipinski definition) is 1. The second-order valence-corrected chi connectivity index (χ2v) is 5.71. The molecule has 2 atom stereocenters. The van der Waals surface area contributed by atoms with Crippen LogP contribution < -0.4 is 5.32 Å². The average Bonchev–Trinajstić information content (AvgIpc) is 2.37. The van der Waals surface area contributed by atoms with Crippen LogP contribution in [0, 0.1) is 5.92 Å². The SMILES string of the molecule is CC1CN(C)CCC1NCc1ccc(C(F)(F)F)cc1. The van der Waals surface area contributed by atoms with Crippen molar-refractivity contribution >= 4 is 0 Å². The zero-order valence-electron chi connectivity index (χ0n) is 11.9. The molecule has 0 aromatic heterocycles. The van der Waals surface area contributed by atoms with Crippen LogP contribution in [-0.2, 0) is 12.7 Å². The number of halogens is 3. The molecule has 2 nitrogen and oxygen atoms in total. The van der Waals surface area contributed by atoms with Crippen molar-refractivity contribution in [3.63, 3.8) is 0 Å². The molecule has 1 heterocycles. The van der Waals surface area contributed by atoms with E-state index in [-0.39, 0.29) is 0 Å². The van der Waals surface area contributed by atoms with Gasteiger partial charge in [0.05, 0.1) is 5.56 Å². The molecule has 0 spiro atoms. The van der Waals surface area contributed by atoms with Gasteiger partial charge in [0.15, 0.2) is 0 Å². The highest BCUT2D eigenvalue weighted by molar-refractivity contribution is 5.24. The summed E-state index contributed by atoms with van der Waals surface area (Å²) in [5.74, 6) is 0.559. The Morgan fingerprint density at radius 3 is 2.45 bits per heavy atom. The molecular weight excluding hydrogens is 265 g/mol. The second-order valence-electron chi connectivity index (χ2n) is 5.71. The van der Waals surface area contributed by atoms with Crippen LogP contribution in [0.4, 0.5) is 13.2 Å². The topological polar surface area (TPSA) is 15.3 Å². The molecule has 1 fully saturated rings. The summed E-state index contributed by atoms with van der Waals surface area (Å²) in [6, 6.07) is 5.84. The molecule has 0 amide bonds. The summed E-state index contributed by atoms with van der Waals surface area (Å²) in [7, 11) is 2.11. The largest absolute Gasteiger partial charge is 0.416 e. The Morgan fingerprint density at radius 2 is 1.90 bits per heavy atom. The third-order valence-corrected chi connectivity index (χ3v) is 3.96. The Bertz CT molecular complexity index is 428. The Hall–Kier alpha value is -1.07. The number of nitrogens with one attached hydrogen (secondary N) is 1. The van der Waals surface area contributed by atoms with Crippen LogP contribution in [0.2, 0.25) is 0 Å². The van der Waals surface area contributed by atoms with Gasteiger partial charge in [-0.25, -0.2) is 0 Å². The fourth-order valence-electron chi connectivity index (χ4n) is 2.72. The van der Waals surface area contributed by atoms with Crippen molar-refractivity contribution < 1.29 is 13.2 Å². The molecule has 5 heteroatoms. The van der Waals surface area contributed by atoms with Gasteiger partial charge in [-0.05, 0) is 43.6 Å². The predicted molar refractivity (Wildman–Crippen MR) is 73.3 cm³/mol. The van der Waals surface area contributed by atoms with Crippen molar-refractivity contribution in [2.24, 2.45) is 5.92 Å². The highest BCUT2D eigenvalue weighted by Crippen LogP contribution is 2.29. The first-order valence-electron chi connectivity index (χ1n) is 6.94. The summed E-state index contributed by atoms with van der Waals surface area (Å²) in [6.45, 7) is 4.95. The number of benzene rings is 1. The fraction of sp³-hybridized carbons (Fsp3) is 0.600. The van der Waals surface area contributed by atoms with Crippen LogP contribution >= 0.6 is 0 Å². The Balaban J connectivity index is 1.88. The molecule has 0 bridgehead atoms. The molecule has 2 unspecified atom stereocenters. The first-order valence-corrected chi connectivity index (χ1v) is 6.94. The molecule has 1 aromatic rings. The maximum absolute atomic E-state index is 12.5. The molecular formula is C15H21F3N2. The lowest BCUT2D eigenvalue weighted by Gasteiger charge is -2.35. The fourth-order valence-corrected chi connectivity index (χ4v) is 2.72. The van der Waals surface area contributed by atoms with E-state index in [2.05, 4.69) is 24.2 Å². The molecule has 1 aliphatic heterocycles. The molecule has 1 saturated heterocycles. The molecule has 112 valence electrons. The quantitative estimate of drug-likeness (QED) is 0.918. The third kappa shape index (κ3) is 3.96. The van der Waals surface area contributed by atoms with E-state index in [4.69, 9.17) is 0 Å². The van der Waals surface area contributed by atoms with Gasteiger partial charge in [-0.3, -0.25) is 0 Å². The highest BCUT2D eigenvalue weighted by atomic mass is 19.4. The van der Waals surface area contributed by atoms with E-state index in [9.17, 15) is 13.2 Å². The van der Waals surface area contributed by atoms with E-state index in [1.54, 1.807) is 12.1 Å². The number of nitrogens with zero attached hydrogens (tertiary/aromatic N) is 1. The van der Waals surface area contributed by atoms with Crippen LogP contribution in [0.5, 0.6) is 0 Å². The number of alkyl halides is 3. The lowest BCUT2D eigenvalue weighted by molar-refractivity contribution is -0.137. The minimum Gasteiger partial charge on any atom is -0.310 e. The van der Waals surface area contributed by atoms with Crippen LogP contribution in [-0.4, -0.2) is 31.1 Å². The van der Waals surface area contributed by atoms with Gasteiger partial charge in [-0.2, -0.15) is 13.2 Å². The first kappa shape index (κ1) is 15.3. The van der Waals surface area contributed by atoms with E-state index in [1.807, 2.05) is 0 Å². The van der Waals surface area contributed by atoms with Gasteiger partial charge in [-0.15, -0.1) is 0 Å². The third-order valence-electron chi connectivity index (χ3n) is 3.96. The molecule has 1 aromatic carbocycles. The van der Waals surface area contributed by atoms with E-state index in [0.717, 1.165) is 37.2 Å². The molecule has 2 rings (SSSR count). The lowest BCUT2D eigenvalue weighted by atomic mass is 9.94. The van der Waals surface area contributed by atoms with Crippen molar-refractivity contribution in [1.82, 2.24) is 10.2 Å². The van der Waals surface area contributed by atoms with Crippen molar-refractivity contribution in [1.29, 1.82) is 0 Å². The summed E-state index contributed by atoms with van der Waals surface area (Å²) in [5, 5.41) is 3.46. The minimum absolute atomic E-state index is 0.438. The van der Waals surface area contributed by atoms with Gasteiger partial charge >= 0.3 is 6.18 Å². The van der Waals surface area contributed by atoms with E-state index >= 15 is 0 Å². The van der Waals surface area contributed by atoms with Gasteiger partial charge in [-0.1, -0.05) is 19.1 Å². The van der Waals surface area contributed by atoms with E-state index in [1.165, 1.54) is 0 Å². The van der Waals surface area contributed by atoms with Crippen LogP contribution in [0.3, 0.4) is 0 Å². The van der Waals surface area contributed by atoms with E-state index in [0.29, 0.717) is 18.5 Å². The Morgan fingerprint density at radius 1 is 1.25 bits per heavy atom. The highest BCUT2D eigenvalue weighted by Gasteiger charge is 2.30. The molecule has 1 aliphatic rings. The minimum atomic E-state index is -4.26. The predicted octanol–water partition coefficient (Wildman–Crippen LogP) is 3.14. The van der Waals surface area contributed by atoms with Gasteiger partial charge in [0.1, 0.15) is 0 Å². The summed E-state index contributed by atoms with van der Waals surface area (Å²) < 4.78 is 37.4. The lowest BCUT2D eigenvalue weighted by Crippen LogP contribution is -2.46. The maximum atomic E-state index is 12.5. The summed E-state index contributed by atoms with van der Waals surface area (Å²) in [4.78, 5) is 2.31. The monoisotopic (exact) mass is 286 g/mol. The summed E-state index contributed by atoms with van der Waals surface area (Å²) in [5.41, 5.74) is 0.304. The van der Waals surface area contributed by atoms with Crippen LogP contribution in [0.25, 0.3) is 0 Å². The molecule has 0 aliphatic carbocycles.